The van der Waals surface area contributed by atoms with Gasteiger partial charge in [-0.2, -0.15) is 4.68 Å². The summed E-state index contributed by atoms with van der Waals surface area (Å²) in [6.07, 6.45) is 9.24. The number of amides is 2. The lowest BCUT2D eigenvalue weighted by Crippen LogP contribution is -2.35. The van der Waals surface area contributed by atoms with Crippen molar-refractivity contribution in [2.75, 3.05) is 44.5 Å². The van der Waals surface area contributed by atoms with Crippen LogP contribution in [0.2, 0.25) is 5.02 Å². The molecule has 2 atom stereocenters. The van der Waals surface area contributed by atoms with Crippen molar-refractivity contribution in [3.63, 3.8) is 0 Å². The zero-order valence-corrected chi connectivity index (χ0v) is 27.0. The van der Waals surface area contributed by atoms with Gasteiger partial charge >= 0.3 is 6.09 Å². The number of methoxy groups -OCH3 is 2. The van der Waals surface area contributed by atoms with Gasteiger partial charge in [0.1, 0.15) is 6.33 Å². The Morgan fingerprint density at radius 3 is 2.79 bits per heavy atom. The predicted molar refractivity (Wildman–Crippen MR) is 180 cm³/mol. The minimum Gasteiger partial charge on any atom is -0.453 e. The molecule has 5 rings (SSSR count). The molecule has 1 aliphatic heterocycles. The van der Waals surface area contributed by atoms with Crippen molar-refractivity contribution in [1.82, 2.24) is 35.8 Å². The molecule has 0 spiro atoms. The number of aromatic nitrogens is 5. The molecule has 47 heavy (non-hydrogen) atoms. The van der Waals surface area contributed by atoms with Gasteiger partial charge in [-0.05, 0) is 77.4 Å². The molecule has 2 amide bonds. The van der Waals surface area contributed by atoms with Gasteiger partial charge in [0.05, 0.1) is 31.1 Å². The summed E-state index contributed by atoms with van der Waals surface area (Å²) in [5.41, 5.74) is 5.46. The van der Waals surface area contributed by atoms with Crippen molar-refractivity contribution in [3.05, 3.63) is 83.4 Å². The number of fused-ring (bicyclic) bond motifs is 4. The van der Waals surface area contributed by atoms with Crippen LogP contribution in [0.15, 0.2) is 67.1 Å². The van der Waals surface area contributed by atoms with E-state index in [0.717, 1.165) is 54.9 Å². The number of hydrogen-bond donors (Lipinski definition) is 4. The SMILES string of the molecule is COCCNC[C@H]1CCCC[C@H](NC(=O)/C=C/c2cc(Cl)ccc2-n2cnnn2)c2cc(ccn2)-c2ccc(NC(=O)OC)cc2N1. The highest BCUT2D eigenvalue weighted by Crippen LogP contribution is 2.34. The largest absolute Gasteiger partial charge is 0.453 e. The third kappa shape index (κ3) is 9.35. The van der Waals surface area contributed by atoms with Crippen LogP contribution >= 0.6 is 11.6 Å². The second-order valence-electron chi connectivity index (χ2n) is 11.0. The van der Waals surface area contributed by atoms with Gasteiger partial charge < -0.3 is 25.4 Å². The van der Waals surface area contributed by atoms with E-state index in [1.807, 2.05) is 30.3 Å². The molecule has 0 aliphatic carbocycles. The highest BCUT2D eigenvalue weighted by Gasteiger charge is 2.20. The van der Waals surface area contributed by atoms with Crippen molar-refractivity contribution in [3.8, 4) is 16.8 Å². The Kier molecular flexibility index (Phi) is 11.9. The molecule has 0 radical (unpaired) electrons. The van der Waals surface area contributed by atoms with Gasteiger partial charge in [0.15, 0.2) is 0 Å². The average Bonchev–Trinajstić information content (AvgIpc) is 3.61. The Balaban J connectivity index is 1.41. The van der Waals surface area contributed by atoms with Crippen LogP contribution in [0.25, 0.3) is 22.9 Å². The molecule has 0 saturated carbocycles. The zero-order chi connectivity index (χ0) is 33.0. The highest BCUT2D eigenvalue weighted by atomic mass is 35.5. The Bertz CT molecular complexity index is 1680. The minimum absolute atomic E-state index is 0.0998. The first-order valence-electron chi connectivity index (χ1n) is 15.4. The number of benzene rings is 2. The van der Waals surface area contributed by atoms with Crippen molar-refractivity contribution in [2.24, 2.45) is 0 Å². The first kappa shape index (κ1) is 33.5. The van der Waals surface area contributed by atoms with Crippen molar-refractivity contribution in [2.45, 2.75) is 37.8 Å². The normalized spacial score (nSPS) is 16.3. The summed E-state index contributed by atoms with van der Waals surface area (Å²) in [7, 11) is 3.01. The van der Waals surface area contributed by atoms with E-state index in [-0.39, 0.29) is 18.0 Å². The number of anilines is 2. The molecule has 4 N–H and O–H groups in total. The number of nitrogens with zero attached hydrogens (tertiary/aromatic N) is 5. The second kappa shape index (κ2) is 16.6. The summed E-state index contributed by atoms with van der Waals surface area (Å²) in [6.45, 7) is 2.07. The lowest BCUT2D eigenvalue weighted by Gasteiger charge is -2.25. The Labute approximate surface area is 278 Å². The topological polar surface area (TPSA) is 157 Å². The first-order valence-corrected chi connectivity index (χ1v) is 15.7. The number of pyridine rings is 1. The summed E-state index contributed by atoms with van der Waals surface area (Å²) in [6, 6.07) is 14.7. The summed E-state index contributed by atoms with van der Waals surface area (Å²) in [4.78, 5) is 30.0. The van der Waals surface area contributed by atoms with E-state index in [1.165, 1.54) is 24.2 Å². The summed E-state index contributed by atoms with van der Waals surface area (Å²) < 4.78 is 11.5. The molecule has 2 bridgehead atoms. The predicted octanol–water partition coefficient (Wildman–Crippen LogP) is 5.02. The Morgan fingerprint density at radius 2 is 1.98 bits per heavy atom. The number of halogens is 1. The first-order chi connectivity index (χ1) is 22.9. The molecule has 1 aliphatic rings. The van der Waals surface area contributed by atoms with E-state index in [0.29, 0.717) is 35.0 Å². The van der Waals surface area contributed by atoms with E-state index in [9.17, 15) is 9.59 Å². The number of rotatable bonds is 10. The molecule has 0 fully saturated rings. The van der Waals surface area contributed by atoms with Crippen molar-refractivity contribution >= 4 is 41.1 Å². The van der Waals surface area contributed by atoms with Gasteiger partial charge in [0.25, 0.3) is 0 Å². The number of nitrogens with one attached hydrogen (secondary N) is 4. The van der Waals surface area contributed by atoms with E-state index in [1.54, 1.807) is 37.6 Å². The maximum Gasteiger partial charge on any atom is 0.411 e. The zero-order valence-electron chi connectivity index (χ0n) is 26.3. The van der Waals surface area contributed by atoms with E-state index >= 15 is 0 Å². The van der Waals surface area contributed by atoms with Crippen LogP contribution in [-0.2, 0) is 14.3 Å². The smallest absolute Gasteiger partial charge is 0.411 e. The minimum atomic E-state index is -0.545. The van der Waals surface area contributed by atoms with Gasteiger partial charge in [-0.3, -0.25) is 15.1 Å². The van der Waals surface area contributed by atoms with Gasteiger partial charge in [0, 0.05) is 66.0 Å². The summed E-state index contributed by atoms with van der Waals surface area (Å²) in [5.74, 6) is -0.266. The van der Waals surface area contributed by atoms with Crippen LogP contribution in [0.5, 0.6) is 0 Å². The molecule has 13 nitrogen and oxygen atoms in total. The molecular weight excluding hydrogens is 622 g/mol. The average molecular weight is 660 g/mol. The molecule has 4 aromatic rings. The third-order valence-corrected chi connectivity index (χ3v) is 7.98. The molecule has 0 saturated heterocycles. The maximum atomic E-state index is 13.3. The number of tetrazole rings is 1. The van der Waals surface area contributed by atoms with Gasteiger partial charge in [-0.25, -0.2) is 4.79 Å². The van der Waals surface area contributed by atoms with Crippen LogP contribution in [0, 0.1) is 0 Å². The number of ether oxygens (including phenoxy) is 2. The van der Waals surface area contributed by atoms with Crippen LogP contribution < -0.4 is 21.3 Å². The number of carbonyl (C=O) groups excluding carboxylic acids is 2. The van der Waals surface area contributed by atoms with E-state index in [4.69, 9.17) is 21.1 Å². The lowest BCUT2D eigenvalue weighted by molar-refractivity contribution is -0.117. The highest BCUT2D eigenvalue weighted by molar-refractivity contribution is 6.30. The fourth-order valence-corrected chi connectivity index (χ4v) is 5.60. The van der Waals surface area contributed by atoms with Crippen molar-refractivity contribution < 1.29 is 19.1 Å². The van der Waals surface area contributed by atoms with E-state index in [2.05, 4.69) is 41.8 Å². The number of carbonyl (C=O) groups is 2. The Hall–Kier alpha value is -4.85. The fraction of sp³-hybridized carbons (Fsp3) is 0.333. The molecule has 246 valence electrons. The molecule has 0 unspecified atom stereocenters. The van der Waals surface area contributed by atoms with Gasteiger partial charge in [0.2, 0.25) is 5.91 Å². The summed E-state index contributed by atoms with van der Waals surface area (Å²) >= 11 is 6.26. The third-order valence-electron chi connectivity index (χ3n) is 7.75. The van der Waals surface area contributed by atoms with Crippen LogP contribution in [0.1, 0.15) is 43.0 Å². The molecule has 2 aromatic heterocycles. The second-order valence-corrected chi connectivity index (χ2v) is 11.5. The van der Waals surface area contributed by atoms with E-state index < -0.39 is 6.09 Å². The van der Waals surface area contributed by atoms with Crippen molar-refractivity contribution in [1.29, 1.82) is 0 Å². The standard InChI is InChI=1S/C33H38ClN9O4/c1-46-16-15-35-20-26-5-3-4-6-28(40-32(44)12-7-23-17-24(34)8-11-31(23)43-21-37-41-42-43)30-18-22(13-14-36-30)27-10-9-25(19-29(27)38-26)39-33(45)47-2/h7-14,17-19,21,26,28,35,38H,3-6,15-16,20H2,1-2H3,(H,39,45)(H,40,44)/b12-7+/t26-,28+/m1/s1. The molecule has 3 heterocycles. The number of hydrogen-bond acceptors (Lipinski definition) is 10. The van der Waals surface area contributed by atoms with Crippen LogP contribution in [0.4, 0.5) is 16.2 Å². The lowest BCUT2D eigenvalue weighted by atomic mass is 9.96. The monoisotopic (exact) mass is 659 g/mol. The quantitative estimate of drug-likeness (QED) is 0.135. The van der Waals surface area contributed by atoms with Gasteiger partial charge in [-0.1, -0.05) is 30.5 Å². The van der Waals surface area contributed by atoms with Crippen LogP contribution in [0.3, 0.4) is 0 Å². The van der Waals surface area contributed by atoms with Crippen LogP contribution in [-0.4, -0.2) is 77.1 Å². The van der Waals surface area contributed by atoms with Gasteiger partial charge in [-0.15, -0.1) is 5.10 Å². The molecule has 2 aromatic carbocycles. The Morgan fingerprint density at radius 1 is 1.11 bits per heavy atom. The molecule has 14 heteroatoms. The molecular formula is C33H38ClN9O4. The fourth-order valence-electron chi connectivity index (χ4n) is 5.42. The summed E-state index contributed by atoms with van der Waals surface area (Å²) in [5, 5.41) is 25.0. The maximum absolute atomic E-state index is 13.3.